The molecule has 1 aliphatic carbocycles. The van der Waals surface area contributed by atoms with Gasteiger partial charge in [-0.1, -0.05) is 44.4 Å². The normalized spacial score (nSPS) is 14.3. The molecule has 0 atom stereocenters. The molecule has 2 rings (SSSR count). The number of benzene rings is 1. The molecule has 0 N–H and O–H groups in total. The van der Waals surface area contributed by atoms with Gasteiger partial charge in [0, 0.05) is 6.08 Å². The van der Waals surface area contributed by atoms with Crippen LogP contribution < -0.4 is 0 Å². The minimum atomic E-state index is -4.62. The first kappa shape index (κ1) is 25.2. The van der Waals surface area contributed by atoms with Crippen molar-refractivity contribution in [2.24, 2.45) is 0 Å². The first-order valence-electron chi connectivity index (χ1n) is 10.4. The Balaban J connectivity index is 2.57. The second kappa shape index (κ2) is 11.0. The van der Waals surface area contributed by atoms with Gasteiger partial charge >= 0.3 is 11.9 Å². The Hall–Kier alpha value is -3.07. The number of hydrogen-bond acceptors (Lipinski definition) is 8. The molecule has 0 saturated heterocycles. The molecule has 0 amide bonds. The Morgan fingerprint density at radius 2 is 1.41 bits per heavy atom. The van der Waals surface area contributed by atoms with E-state index in [1.165, 1.54) is 24.3 Å². The minimum Gasteiger partial charge on any atom is -0.462 e. The van der Waals surface area contributed by atoms with E-state index in [2.05, 4.69) is 0 Å². The van der Waals surface area contributed by atoms with E-state index in [4.69, 9.17) is 9.47 Å². The Morgan fingerprint density at radius 1 is 0.875 bits per heavy atom. The highest BCUT2D eigenvalue weighted by molar-refractivity contribution is 7.96. The molecular formula is C23H26O8S. The summed E-state index contributed by atoms with van der Waals surface area (Å²) in [6.07, 6.45) is 3.08. The molecule has 0 radical (unpaired) electrons. The molecule has 9 heteroatoms. The summed E-state index contributed by atoms with van der Waals surface area (Å²) in [4.78, 5) is 49.5. The lowest BCUT2D eigenvalue weighted by Gasteiger charge is -2.18. The van der Waals surface area contributed by atoms with Gasteiger partial charge in [-0.3, -0.25) is 9.59 Å². The van der Waals surface area contributed by atoms with Gasteiger partial charge in [-0.25, -0.2) is 18.0 Å². The van der Waals surface area contributed by atoms with Crippen LogP contribution in [0.4, 0.5) is 0 Å². The van der Waals surface area contributed by atoms with Crippen LogP contribution in [0, 0.1) is 6.92 Å². The quantitative estimate of drug-likeness (QED) is 0.225. The van der Waals surface area contributed by atoms with E-state index >= 15 is 0 Å². The molecule has 0 aliphatic heterocycles. The van der Waals surface area contributed by atoms with Crippen molar-refractivity contribution >= 4 is 33.3 Å². The van der Waals surface area contributed by atoms with E-state index in [0.717, 1.165) is 12.0 Å². The van der Waals surface area contributed by atoms with Gasteiger partial charge in [-0.05, 0) is 31.9 Å². The molecular weight excluding hydrogens is 436 g/mol. The molecule has 0 fully saturated rings. The minimum absolute atomic E-state index is 0.00379. The zero-order chi connectivity index (χ0) is 23.9. The molecule has 0 bridgehead atoms. The average molecular weight is 463 g/mol. The van der Waals surface area contributed by atoms with Crippen LogP contribution in [0.15, 0.2) is 51.3 Å². The molecule has 0 unspecified atom stereocenters. The number of ketones is 2. The molecule has 1 aliphatic rings. The van der Waals surface area contributed by atoms with Crippen LogP contribution in [-0.4, -0.2) is 45.1 Å². The molecule has 32 heavy (non-hydrogen) atoms. The summed E-state index contributed by atoms with van der Waals surface area (Å²) in [7, 11) is -4.62. The number of unbranched alkanes of at least 4 members (excludes halogenated alkanes) is 2. The summed E-state index contributed by atoms with van der Waals surface area (Å²) in [6, 6.07) is 5.54. The number of allylic oxidation sites excluding steroid dienone is 2. The van der Waals surface area contributed by atoms with Crippen molar-refractivity contribution in [3.05, 3.63) is 52.0 Å². The largest absolute Gasteiger partial charge is 0.462 e. The molecule has 8 nitrogen and oxygen atoms in total. The Kier molecular flexibility index (Phi) is 8.65. The number of sulfone groups is 1. The Labute approximate surface area is 187 Å². The van der Waals surface area contributed by atoms with E-state index in [-0.39, 0.29) is 18.1 Å². The van der Waals surface area contributed by atoms with Gasteiger partial charge in [0.1, 0.15) is 16.1 Å². The number of hydrogen-bond donors (Lipinski definition) is 0. The molecule has 0 heterocycles. The molecule has 1 aromatic rings. The first-order valence-corrected chi connectivity index (χ1v) is 11.8. The van der Waals surface area contributed by atoms with Crippen LogP contribution in [0.1, 0.15) is 45.1 Å². The van der Waals surface area contributed by atoms with Crippen molar-refractivity contribution in [3.8, 4) is 0 Å². The molecule has 1 aromatic carbocycles. The smallest absolute Gasteiger partial charge is 0.343 e. The fourth-order valence-electron chi connectivity index (χ4n) is 2.82. The van der Waals surface area contributed by atoms with E-state index in [1.54, 1.807) is 6.92 Å². The number of Topliss-reactive ketones (excluding diaryl/α,β-unsaturated/α-hetero) is 1. The molecule has 0 spiro atoms. The van der Waals surface area contributed by atoms with Gasteiger partial charge in [-0.15, -0.1) is 0 Å². The van der Waals surface area contributed by atoms with Crippen molar-refractivity contribution in [2.75, 3.05) is 13.2 Å². The van der Waals surface area contributed by atoms with Gasteiger partial charge in [0.05, 0.1) is 18.1 Å². The van der Waals surface area contributed by atoms with E-state index < -0.39 is 49.4 Å². The standard InChI is InChI=1S/C23H26O8S/c1-4-6-12-30-22(26)17-14-18(24)19(23(27)31-13-7-5-2)21(20(17)25)32(28,29)16-10-8-15(3)9-11-16/h8-11,14H,4-7,12-13H2,1-3H3. The molecule has 0 saturated carbocycles. The highest BCUT2D eigenvalue weighted by Crippen LogP contribution is 2.30. The van der Waals surface area contributed by atoms with Crippen LogP contribution in [0.5, 0.6) is 0 Å². The average Bonchev–Trinajstić information content (AvgIpc) is 2.75. The molecule has 172 valence electrons. The highest BCUT2D eigenvalue weighted by atomic mass is 32.2. The first-order chi connectivity index (χ1) is 15.1. The van der Waals surface area contributed by atoms with Crippen molar-refractivity contribution in [1.82, 2.24) is 0 Å². The molecule has 0 aromatic heterocycles. The van der Waals surface area contributed by atoms with E-state index in [0.29, 0.717) is 25.3 Å². The van der Waals surface area contributed by atoms with Crippen LogP contribution in [0.3, 0.4) is 0 Å². The van der Waals surface area contributed by atoms with Crippen LogP contribution in [-0.2, 0) is 38.5 Å². The highest BCUT2D eigenvalue weighted by Gasteiger charge is 2.43. The summed E-state index contributed by atoms with van der Waals surface area (Å²) in [5.74, 6) is -4.71. The number of esters is 2. The number of carbonyl (C=O) groups excluding carboxylic acids is 4. The maximum absolute atomic E-state index is 13.3. The summed E-state index contributed by atoms with van der Waals surface area (Å²) in [5, 5.41) is 0. The maximum Gasteiger partial charge on any atom is 0.343 e. The Morgan fingerprint density at radius 3 is 1.94 bits per heavy atom. The SMILES string of the molecule is CCCCOC(=O)C1=CC(=O)C(C(=O)OCCCC)=C(S(=O)(=O)c2ccc(C)cc2)C1=O. The van der Waals surface area contributed by atoms with Gasteiger partial charge in [-0.2, -0.15) is 0 Å². The van der Waals surface area contributed by atoms with Crippen LogP contribution in [0.25, 0.3) is 0 Å². The van der Waals surface area contributed by atoms with Gasteiger partial charge in [0.15, 0.2) is 5.78 Å². The maximum atomic E-state index is 13.3. The lowest BCUT2D eigenvalue weighted by Crippen LogP contribution is -2.32. The lowest BCUT2D eigenvalue weighted by molar-refractivity contribution is -0.143. The predicted octanol–water partition coefficient (Wildman–Crippen LogP) is 2.79. The third-order valence-corrected chi connectivity index (χ3v) is 6.51. The summed E-state index contributed by atoms with van der Waals surface area (Å²) in [6.45, 7) is 5.43. The summed E-state index contributed by atoms with van der Waals surface area (Å²) >= 11 is 0. The zero-order valence-electron chi connectivity index (χ0n) is 18.3. The number of ether oxygens (including phenoxy) is 2. The van der Waals surface area contributed by atoms with Gasteiger partial charge < -0.3 is 9.47 Å². The van der Waals surface area contributed by atoms with Crippen molar-refractivity contribution in [1.29, 1.82) is 0 Å². The van der Waals surface area contributed by atoms with Gasteiger partial charge in [0.25, 0.3) is 0 Å². The number of rotatable bonds is 10. The van der Waals surface area contributed by atoms with Crippen LogP contribution in [0.2, 0.25) is 0 Å². The number of aryl methyl sites for hydroxylation is 1. The monoisotopic (exact) mass is 462 g/mol. The second-order valence-corrected chi connectivity index (χ2v) is 9.14. The van der Waals surface area contributed by atoms with Crippen molar-refractivity contribution in [2.45, 2.75) is 51.3 Å². The Bertz CT molecular complexity index is 1080. The van der Waals surface area contributed by atoms with Crippen molar-refractivity contribution in [3.63, 3.8) is 0 Å². The van der Waals surface area contributed by atoms with Crippen molar-refractivity contribution < 1.29 is 37.1 Å². The number of carbonyl (C=O) groups is 4. The summed E-state index contributed by atoms with van der Waals surface area (Å²) < 4.78 is 36.6. The lowest BCUT2D eigenvalue weighted by atomic mass is 9.96. The fourth-order valence-corrected chi connectivity index (χ4v) is 4.36. The van der Waals surface area contributed by atoms with Crippen LogP contribution >= 0.6 is 0 Å². The zero-order valence-corrected chi connectivity index (χ0v) is 19.1. The van der Waals surface area contributed by atoms with Gasteiger partial charge in [0.2, 0.25) is 15.6 Å². The third-order valence-electron chi connectivity index (χ3n) is 4.69. The topological polar surface area (TPSA) is 121 Å². The third kappa shape index (κ3) is 5.59. The fraction of sp³-hybridized carbons (Fsp3) is 0.391. The van der Waals surface area contributed by atoms with E-state index in [9.17, 15) is 27.6 Å². The second-order valence-electron chi connectivity index (χ2n) is 7.25. The summed E-state index contributed by atoms with van der Waals surface area (Å²) in [5.41, 5.74) is -0.873. The predicted molar refractivity (Wildman–Crippen MR) is 115 cm³/mol. The van der Waals surface area contributed by atoms with E-state index in [1.807, 2.05) is 13.8 Å².